The van der Waals surface area contributed by atoms with E-state index in [-0.39, 0.29) is 5.91 Å². The Bertz CT molecular complexity index is 795. The lowest BCUT2D eigenvalue weighted by Crippen LogP contribution is -2.32. The average molecular weight is 402 g/mol. The predicted octanol–water partition coefficient (Wildman–Crippen LogP) is 4.97. The van der Waals surface area contributed by atoms with E-state index in [0.29, 0.717) is 23.2 Å². The third kappa shape index (κ3) is 5.79. The normalized spacial score (nSPS) is 15.8. The molecule has 0 aliphatic carbocycles. The van der Waals surface area contributed by atoms with Gasteiger partial charge < -0.3 is 4.74 Å². The number of likely N-dealkylation sites (tertiary alicyclic amines) is 1. The highest BCUT2D eigenvalue weighted by atomic mass is 32.1. The molecule has 1 saturated heterocycles. The van der Waals surface area contributed by atoms with Crippen LogP contribution in [0, 0.1) is 18.8 Å². The van der Waals surface area contributed by atoms with Crippen LogP contribution >= 0.6 is 11.3 Å². The zero-order valence-electron chi connectivity index (χ0n) is 17.3. The lowest BCUT2D eigenvalue weighted by atomic mass is 9.99. The van der Waals surface area contributed by atoms with E-state index in [1.54, 1.807) is 23.5 Å². The minimum Gasteiger partial charge on any atom is -0.493 e. The minimum absolute atomic E-state index is 0.151. The first kappa shape index (κ1) is 20.8. The number of amides is 1. The summed E-state index contributed by atoms with van der Waals surface area (Å²) in [6.45, 7) is 12.4. The van der Waals surface area contributed by atoms with Crippen molar-refractivity contribution in [2.45, 2.75) is 47.1 Å². The largest absolute Gasteiger partial charge is 0.493 e. The number of nitrogens with zero attached hydrogens (tertiary/aromatic N) is 2. The van der Waals surface area contributed by atoms with Gasteiger partial charge in [-0.15, -0.1) is 11.3 Å². The van der Waals surface area contributed by atoms with Crippen molar-refractivity contribution in [3.63, 3.8) is 0 Å². The quantitative estimate of drug-likeness (QED) is 0.712. The summed E-state index contributed by atoms with van der Waals surface area (Å²) in [5, 5.41) is 3.61. The highest BCUT2D eigenvalue weighted by Crippen LogP contribution is 2.27. The van der Waals surface area contributed by atoms with E-state index in [1.807, 2.05) is 19.1 Å². The number of nitrogens with one attached hydrogen (secondary N) is 1. The summed E-state index contributed by atoms with van der Waals surface area (Å²) in [6.07, 6.45) is 2.52. The number of hydrogen-bond donors (Lipinski definition) is 1. The number of anilines is 1. The Labute approximate surface area is 172 Å². The third-order valence-corrected chi connectivity index (χ3v) is 6.09. The van der Waals surface area contributed by atoms with Gasteiger partial charge in [0.05, 0.1) is 12.3 Å². The van der Waals surface area contributed by atoms with Crippen LogP contribution in [0.1, 0.15) is 54.5 Å². The molecule has 2 aromatic rings. The fourth-order valence-corrected chi connectivity index (χ4v) is 4.21. The Hall–Kier alpha value is -1.92. The molecule has 5 nitrogen and oxygen atoms in total. The number of carbonyl (C=O) groups is 1. The Morgan fingerprint density at radius 3 is 2.82 bits per heavy atom. The summed E-state index contributed by atoms with van der Waals surface area (Å²) >= 11 is 1.58. The van der Waals surface area contributed by atoms with Gasteiger partial charge in [0, 0.05) is 17.0 Å². The van der Waals surface area contributed by atoms with E-state index < -0.39 is 0 Å². The van der Waals surface area contributed by atoms with Gasteiger partial charge in [-0.2, -0.15) is 0 Å². The van der Waals surface area contributed by atoms with Gasteiger partial charge >= 0.3 is 0 Å². The van der Waals surface area contributed by atoms with Crippen molar-refractivity contribution in [1.82, 2.24) is 9.88 Å². The second-order valence-electron chi connectivity index (χ2n) is 8.17. The molecule has 0 atom stereocenters. The van der Waals surface area contributed by atoms with Crippen LogP contribution in [0.4, 0.5) is 5.13 Å². The van der Waals surface area contributed by atoms with Crippen molar-refractivity contribution >= 4 is 22.4 Å². The molecule has 28 heavy (non-hydrogen) atoms. The number of hydrogen-bond acceptors (Lipinski definition) is 5. The van der Waals surface area contributed by atoms with E-state index >= 15 is 0 Å². The van der Waals surface area contributed by atoms with Crippen molar-refractivity contribution in [2.75, 3.05) is 25.0 Å². The van der Waals surface area contributed by atoms with Crippen molar-refractivity contribution in [3.05, 3.63) is 40.4 Å². The molecule has 2 heterocycles. The SMILES string of the molecule is Cc1nc(NC(=O)c2cccc(OCC(C)C)c2)sc1CN1CCC(C)CC1. The molecular formula is C22H31N3O2S. The van der Waals surface area contributed by atoms with E-state index in [9.17, 15) is 4.79 Å². The molecule has 0 spiro atoms. The molecule has 1 N–H and O–H groups in total. The van der Waals surface area contributed by atoms with Gasteiger partial charge in [-0.3, -0.25) is 15.0 Å². The average Bonchev–Trinajstić information content (AvgIpc) is 3.01. The third-order valence-electron chi connectivity index (χ3n) is 5.04. The number of aromatic nitrogens is 1. The molecule has 1 aromatic carbocycles. The number of ether oxygens (including phenoxy) is 1. The molecule has 1 aromatic heterocycles. The van der Waals surface area contributed by atoms with Gasteiger partial charge in [-0.1, -0.05) is 26.8 Å². The molecule has 1 fully saturated rings. The minimum atomic E-state index is -0.151. The molecule has 1 aliphatic rings. The first-order valence-corrected chi connectivity index (χ1v) is 10.9. The fourth-order valence-electron chi connectivity index (χ4n) is 3.21. The van der Waals surface area contributed by atoms with Crippen LogP contribution in [0.2, 0.25) is 0 Å². The van der Waals surface area contributed by atoms with Crippen LogP contribution in [0.3, 0.4) is 0 Å². The molecule has 0 saturated carbocycles. The summed E-state index contributed by atoms with van der Waals surface area (Å²) in [4.78, 5) is 20.9. The summed E-state index contributed by atoms with van der Waals surface area (Å²) < 4.78 is 5.73. The molecule has 1 aliphatic heterocycles. The zero-order chi connectivity index (χ0) is 20.1. The Morgan fingerprint density at radius 2 is 2.11 bits per heavy atom. The van der Waals surface area contributed by atoms with Gasteiger partial charge in [-0.05, 0) is 62.9 Å². The summed E-state index contributed by atoms with van der Waals surface area (Å²) in [5.74, 6) is 1.84. The molecule has 3 rings (SSSR count). The molecule has 1 amide bonds. The van der Waals surface area contributed by atoms with Crippen LogP contribution in [-0.4, -0.2) is 35.5 Å². The lowest BCUT2D eigenvalue weighted by molar-refractivity contribution is 0.102. The standard InChI is InChI=1S/C22H31N3O2S/c1-15(2)14-27-19-7-5-6-18(12-19)21(26)24-22-23-17(4)20(28-22)13-25-10-8-16(3)9-11-25/h5-7,12,15-16H,8-11,13-14H2,1-4H3,(H,23,24,26). The number of benzene rings is 1. The molecular weight excluding hydrogens is 370 g/mol. The summed E-state index contributed by atoms with van der Waals surface area (Å²) in [5.41, 5.74) is 1.59. The van der Waals surface area contributed by atoms with Gasteiger partial charge in [0.2, 0.25) is 0 Å². The second kappa shape index (κ2) is 9.52. The van der Waals surface area contributed by atoms with Crippen LogP contribution in [0.5, 0.6) is 5.75 Å². The first-order valence-electron chi connectivity index (χ1n) is 10.1. The van der Waals surface area contributed by atoms with Crippen molar-refractivity contribution < 1.29 is 9.53 Å². The predicted molar refractivity (Wildman–Crippen MR) is 115 cm³/mol. The van der Waals surface area contributed by atoms with Crippen LogP contribution in [0.15, 0.2) is 24.3 Å². The second-order valence-corrected chi connectivity index (χ2v) is 9.26. The smallest absolute Gasteiger partial charge is 0.257 e. The summed E-state index contributed by atoms with van der Waals surface area (Å²) in [6, 6.07) is 7.31. The number of rotatable bonds is 7. The maximum Gasteiger partial charge on any atom is 0.257 e. The topological polar surface area (TPSA) is 54.5 Å². The lowest BCUT2D eigenvalue weighted by Gasteiger charge is -2.29. The molecule has 152 valence electrons. The van der Waals surface area contributed by atoms with E-state index in [2.05, 4.69) is 36.0 Å². The highest BCUT2D eigenvalue weighted by molar-refractivity contribution is 7.15. The number of piperidine rings is 1. The summed E-state index contributed by atoms with van der Waals surface area (Å²) in [7, 11) is 0. The van der Waals surface area contributed by atoms with Gasteiger partial charge in [0.25, 0.3) is 5.91 Å². The first-order chi connectivity index (χ1) is 13.4. The molecule has 6 heteroatoms. The van der Waals surface area contributed by atoms with E-state index in [4.69, 9.17) is 4.74 Å². The van der Waals surface area contributed by atoms with E-state index in [1.165, 1.54) is 17.7 Å². The number of aryl methyl sites for hydroxylation is 1. The molecule has 0 unspecified atom stereocenters. The van der Waals surface area contributed by atoms with Gasteiger partial charge in [0.1, 0.15) is 5.75 Å². The van der Waals surface area contributed by atoms with Crippen LogP contribution in [-0.2, 0) is 6.54 Å². The monoisotopic (exact) mass is 401 g/mol. The van der Waals surface area contributed by atoms with Crippen LogP contribution < -0.4 is 10.1 Å². The fraction of sp³-hybridized carbons (Fsp3) is 0.545. The number of thiazole rings is 1. The molecule has 0 bridgehead atoms. The van der Waals surface area contributed by atoms with Crippen molar-refractivity contribution in [3.8, 4) is 5.75 Å². The number of carbonyl (C=O) groups excluding carboxylic acids is 1. The van der Waals surface area contributed by atoms with Crippen LogP contribution in [0.25, 0.3) is 0 Å². The maximum atomic E-state index is 12.6. The Morgan fingerprint density at radius 1 is 1.36 bits per heavy atom. The molecule has 0 radical (unpaired) electrons. The zero-order valence-corrected chi connectivity index (χ0v) is 18.1. The Balaban J connectivity index is 1.61. The van der Waals surface area contributed by atoms with Crippen molar-refractivity contribution in [1.29, 1.82) is 0 Å². The van der Waals surface area contributed by atoms with Crippen molar-refractivity contribution in [2.24, 2.45) is 11.8 Å². The van der Waals surface area contributed by atoms with E-state index in [0.717, 1.165) is 37.0 Å². The van der Waals surface area contributed by atoms with Gasteiger partial charge in [-0.25, -0.2) is 4.98 Å². The maximum absolute atomic E-state index is 12.6. The van der Waals surface area contributed by atoms with Gasteiger partial charge in [0.15, 0.2) is 5.13 Å². The Kier molecular flexibility index (Phi) is 7.08. The highest BCUT2D eigenvalue weighted by Gasteiger charge is 2.19.